The van der Waals surface area contributed by atoms with Gasteiger partial charge in [0, 0.05) is 12.2 Å². The van der Waals surface area contributed by atoms with E-state index in [2.05, 4.69) is 23.3 Å². The zero-order valence-corrected chi connectivity index (χ0v) is 17.3. The highest BCUT2D eigenvalue weighted by Crippen LogP contribution is 2.03. The van der Waals surface area contributed by atoms with E-state index in [1.165, 1.54) is 0 Å². The quantitative estimate of drug-likeness (QED) is 0.125. The molecular weight excluding hydrogens is 424 g/mol. The van der Waals surface area contributed by atoms with Crippen LogP contribution < -0.4 is 21.7 Å². The Morgan fingerprint density at radius 2 is 1.37 bits per heavy atom. The number of rotatable bonds is 13. The molecule has 0 radical (unpaired) electrons. The van der Waals surface area contributed by atoms with Crippen molar-refractivity contribution in [1.29, 1.82) is 0 Å². The third-order valence-electron chi connectivity index (χ3n) is 3.92. The second-order valence-corrected chi connectivity index (χ2v) is 6.94. The fourth-order valence-electron chi connectivity index (χ4n) is 2.19. The van der Waals surface area contributed by atoms with Crippen molar-refractivity contribution in [3.05, 3.63) is 0 Å². The second-order valence-electron chi connectivity index (χ2n) is 6.57. The molecule has 0 saturated carbocycles. The number of hydrogen-bond donors (Lipinski definition) is 9. The van der Waals surface area contributed by atoms with Crippen molar-refractivity contribution in [1.82, 2.24) is 16.0 Å². The topological polar surface area (TPSA) is 228 Å². The monoisotopic (exact) mass is 452 g/mol. The van der Waals surface area contributed by atoms with Gasteiger partial charge < -0.3 is 42.1 Å². The largest absolute Gasteiger partial charge is 0.481 e. The van der Waals surface area contributed by atoms with E-state index in [1.54, 1.807) is 0 Å². The molecule has 0 rings (SSSR count). The number of aliphatic carboxylic acids is 2. The summed E-state index contributed by atoms with van der Waals surface area (Å²) in [5.41, 5.74) is 5.51. The number of nitrogens with one attached hydrogen (secondary N) is 3. The highest BCUT2D eigenvalue weighted by atomic mass is 32.1. The van der Waals surface area contributed by atoms with Crippen LogP contribution in [-0.2, 0) is 24.0 Å². The summed E-state index contributed by atoms with van der Waals surface area (Å²) < 4.78 is 0. The van der Waals surface area contributed by atoms with Crippen LogP contribution in [0.4, 0.5) is 0 Å². The number of amides is 3. The minimum atomic E-state index is -1.70. The molecule has 9 N–H and O–H groups in total. The van der Waals surface area contributed by atoms with E-state index in [0.29, 0.717) is 0 Å². The molecule has 13 nitrogen and oxygen atoms in total. The Labute approximate surface area is 177 Å². The number of carboxylic acid groups (broad SMARTS) is 2. The fourth-order valence-corrected chi connectivity index (χ4v) is 2.35. The number of aliphatic hydroxyl groups is 2. The van der Waals surface area contributed by atoms with Crippen LogP contribution in [0.25, 0.3) is 0 Å². The molecule has 0 aromatic carbocycles. The van der Waals surface area contributed by atoms with Gasteiger partial charge in [-0.1, -0.05) is 0 Å². The highest BCUT2D eigenvalue weighted by Gasteiger charge is 2.34. The average molecular weight is 452 g/mol. The van der Waals surface area contributed by atoms with Crippen LogP contribution in [-0.4, -0.2) is 92.2 Å². The van der Waals surface area contributed by atoms with Crippen LogP contribution in [0.15, 0.2) is 0 Å². The Bertz CT molecular complexity index is 644. The molecule has 3 amide bonds. The van der Waals surface area contributed by atoms with Gasteiger partial charge in [0.05, 0.1) is 18.2 Å². The van der Waals surface area contributed by atoms with E-state index in [0.717, 1.165) is 13.8 Å². The molecule has 0 aliphatic heterocycles. The molecular formula is C16H28N4O9S. The molecule has 30 heavy (non-hydrogen) atoms. The first kappa shape index (κ1) is 27.6. The molecule has 0 aromatic heterocycles. The molecule has 0 spiro atoms. The molecule has 6 unspecified atom stereocenters. The van der Waals surface area contributed by atoms with Crippen molar-refractivity contribution >= 4 is 42.3 Å². The maximum Gasteiger partial charge on any atom is 0.328 e. The lowest BCUT2D eigenvalue weighted by molar-refractivity contribution is -0.146. The first-order chi connectivity index (χ1) is 13.8. The number of carbonyl (C=O) groups excluding carboxylic acids is 3. The number of thiol groups is 1. The van der Waals surface area contributed by atoms with Crippen molar-refractivity contribution < 1.29 is 44.4 Å². The third kappa shape index (κ3) is 9.39. The zero-order valence-electron chi connectivity index (χ0n) is 16.4. The van der Waals surface area contributed by atoms with Gasteiger partial charge >= 0.3 is 11.9 Å². The summed E-state index contributed by atoms with van der Waals surface area (Å²) >= 11 is 3.85. The Hall–Kier alpha value is -2.42. The number of hydrogen-bond acceptors (Lipinski definition) is 9. The predicted octanol–water partition coefficient (Wildman–Crippen LogP) is -3.59. The summed E-state index contributed by atoms with van der Waals surface area (Å²) in [4.78, 5) is 58.8. The first-order valence-electron chi connectivity index (χ1n) is 8.90. The molecule has 0 fully saturated rings. The summed E-state index contributed by atoms with van der Waals surface area (Å²) in [6.07, 6.45) is -3.80. The summed E-state index contributed by atoms with van der Waals surface area (Å²) in [6.45, 7) is 2.27. The standard InChI is InChI=1S/C16H28N4O9S/c1-6(21)11(15(27)20-12(7(2)22)16(28)29)19-14(26)9(3-4-10(23)24)18-13(25)8(17)5-30/h6-9,11-12,21-22,30H,3-5,17H2,1-2H3,(H,18,25)(H,19,26)(H,20,27)(H,23,24)(H,28,29). The van der Waals surface area contributed by atoms with Crippen molar-refractivity contribution in [2.45, 2.75) is 63.1 Å². The van der Waals surface area contributed by atoms with Crippen molar-refractivity contribution in [3.8, 4) is 0 Å². The van der Waals surface area contributed by atoms with E-state index in [1.807, 2.05) is 5.32 Å². The number of carboxylic acids is 2. The average Bonchev–Trinajstić information content (AvgIpc) is 2.64. The van der Waals surface area contributed by atoms with Crippen LogP contribution in [0.5, 0.6) is 0 Å². The molecule has 0 bridgehead atoms. The zero-order chi connectivity index (χ0) is 23.6. The Kier molecular flexibility index (Phi) is 11.9. The molecule has 0 aromatic rings. The van der Waals surface area contributed by atoms with Gasteiger partial charge in [0.15, 0.2) is 6.04 Å². The van der Waals surface area contributed by atoms with E-state index in [-0.39, 0.29) is 12.2 Å². The SMILES string of the molecule is CC(O)C(NC(=O)C(NC(=O)C(CCC(=O)O)NC(=O)C(N)CS)C(C)O)C(=O)O. The van der Waals surface area contributed by atoms with Crippen LogP contribution in [0.2, 0.25) is 0 Å². The summed E-state index contributed by atoms with van der Waals surface area (Å²) in [5.74, 6) is -5.72. The minimum Gasteiger partial charge on any atom is -0.481 e. The lowest BCUT2D eigenvalue weighted by Crippen LogP contribution is -2.61. The predicted molar refractivity (Wildman–Crippen MR) is 105 cm³/mol. The number of aliphatic hydroxyl groups excluding tert-OH is 2. The van der Waals surface area contributed by atoms with Crippen LogP contribution in [0.1, 0.15) is 26.7 Å². The van der Waals surface area contributed by atoms with Gasteiger partial charge in [-0.05, 0) is 20.3 Å². The van der Waals surface area contributed by atoms with Gasteiger partial charge in [-0.15, -0.1) is 0 Å². The maximum atomic E-state index is 12.5. The molecule has 0 saturated heterocycles. The van der Waals surface area contributed by atoms with E-state index in [4.69, 9.17) is 15.9 Å². The lowest BCUT2D eigenvalue weighted by atomic mass is 10.1. The summed E-state index contributed by atoms with van der Waals surface area (Å²) in [5, 5.41) is 43.5. The second kappa shape index (κ2) is 13.0. The van der Waals surface area contributed by atoms with Crippen molar-refractivity contribution in [2.75, 3.05) is 5.75 Å². The van der Waals surface area contributed by atoms with Crippen LogP contribution >= 0.6 is 12.6 Å². The number of carbonyl (C=O) groups is 5. The number of nitrogens with two attached hydrogens (primary N) is 1. The first-order valence-corrected chi connectivity index (χ1v) is 9.53. The fraction of sp³-hybridized carbons (Fsp3) is 0.688. The van der Waals surface area contributed by atoms with Gasteiger partial charge in [-0.25, -0.2) is 4.79 Å². The molecule has 0 heterocycles. The van der Waals surface area contributed by atoms with Crippen LogP contribution in [0.3, 0.4) is 0 Å². The molecule has 172 valence electrons. The van der Waals surface area contributed by atoms with Crippen molar-refractivity contribution in [3.63, 3.8) is 0 Å². The van der Waals surface area contributed by atoms with Gasteiger partial charge in [-0.3, -0.25) is 19.2 Å². The van der Waals surface area contributed by atoms with E-state index >= 15 is 0 Å². The highest BCUT2D eigenvalue weighted by molar-refractivity contribution is 7.80. The Morgan fingerprint density at radius 3 is 1.77 bits per heavy atom. The molecule has 0 aliphatic carbocycles. The minimum absolute atomic E-state index is 0.0479. The van der Waals surface area contributed by atoms with Gasteiger partial charge in [0.1, 0.15) is 12.1 Å². The van der Waals surface area contributed by atoms with Crippen molar-refractivity contribution in [2.24, 2.45) is 5.73 Å². The van der Waals surface area contributed by atoms with Gasteiger partial charge in [-0.2, -0.15) is 12.6 Å². The lowest BCUT2D eigenvalue weighted by Gasteiger charge is -2.26. The van der Waals surface area contributed by atoms with Crippen LogP contribution in [0, 0.1) is 0 Å². The third-order valence-corrected chi connectivity index (χ3v) is 4.32. The Morgan fingerprint density at radius 1 is 0.867 bits per heavy atom. The van der Waals surface area contributed by atoms with E-state index in [9.17, 15) is 34.2 Å². The maximum absolute atomic E-state index is 12.5. The smallest absolute Gasteiger partial charge is 0.328 e. The Balaban J connectivity index is 5.43. The van der Waals surface area contributed by atoms with Gasteiger partial charge in [0.2, 0.25) is 17.7 Å². The molecule has 0 aliphatic rings. The molecule has 6 atom stereocenters. The normalized spacial score (nSPS) is 16.9. The van der Waals surface area contributed by atoms with Gasteiger partial charge in [0.25, 0.3) is 0 Å². The summed E-state index contributed by atoms with van der Waals surface area (Å²) in [7, 11) is 0. The van der Waals surface area contributed by atoms with E-state index < -0.39 is 72.5 Å². The molecule has 14 heteroatoms. The summed E-state index contributed by atoms with van der Waals surface area (Å²) in [6, 6.07) is -5.83.